The second-order valence-corrected chi connectivity index (χ2v) is 4.20. The van der Waals surface area contributed by atoms with Crippen LogP contribution in [0.25, 0.3) is 0 Å². The van der Waals surface area contributed by atoms with E-state index >= 15 is 0 Å². The Labute approximate surface area is 99.0 Å². The fourth-order valence-corrected chi connectivity index (χ4v) is 1.65. The normalized spacial score (nSPS) is 12.7. The monoisotopic (exact) mass is 221 g/mol. The van der Waals surface area contributed by atoms with Gasteiger partial charge >= 0.3 is 0 Å². The van der Waals surface area contributed by atoms with Gasteiger partial charge in [-0.05, 0) is 25.8 Å². The third-order valence-corrected chi connectivity index (χ3v) is 2.59. The fourth-order valence-electron chi connectivity index (χ4n) is 1.65. The van der Waals surface area contributed by atoms with Crippen molar-refractivity contribution >= 4 is 0 Å². The van der Waals surface area contributed by atoms with Gasteiger partial charge in [0.25, 0.3) is 0 Å². The Balaban J connectivity index is 2.27. The van der Waals surface area contributed by atoms with Crippen LogP contribution in [-0.4, -0.2) is 19.8 Å². The molecule has 1 aromatic rings. The van der Waals surface area contributed by atoms with Crippen LogP contribution in [0.4, 0.5) is 0 Å². The largest absolute Gasteiger partial charge is 0.380 e. The van der Waals surface area contributed by atoms with E-state index in [1.54, 1.807) is 0 Å². The summed E-state index contributed by atoms with van der Waals surface area (Å²) in [6, 6.07) is 9.02. The quantitative estimate of drug-likeness (QED) is 0.714. The molecule has 0 aliphatic carbocycles. The minimum atomic E-state index is 0.394. The molecule has 0 radical (unpaired) electrons. The molecule has 0 bridgehead atoms. The van der Waals surface area contributed by atoms with Gasteiger partial charge in [0.05, 0.1) is 6.61 Å². The topological polar surface area (TPSA) is 21.3 Å². The minimum absolute atomic E-state index is 0.394. The third kappa shape index (κ3) is 4.77. The Hall–Kier alpha value is -0.860. The number of hydrogen-bond acceptors (Lipinski definition) is 2. The lowest BCUT2D eigenvalue weighted by molar-refractivity contribution is 0.135. The Morgan fingerprint density at radius 3 is 2.81 bits per heavy atom. The van der Waals surface area contributed by atoms with Crippen LogP contribution in [0.5, 0.6) is 0 Å². The lowest BCUT2D eigenvalue weighted by Gasteiger charge is -2.14. The number of hydrogen-bond donors (Lipinski definition) is 1. The van der Waals surface area contributed by atoms with E-state index in [9.17, 15) is 0 Å². The summed E-state index contributed by atoms with van der Waals surface area (Å²) in [6.45, 7) is 9.01. The fraction of sp³-hybridized carbons (Fsp3) is 0.571. The third-order valence-electron chi connectivity index (χ3n) is 2.59. The van der Waals surface area contributed by atoms with Gasteiger partial charge < -0.3 is 10.1 Å². The molecule has 1 N–H and O–H groups in total. The van der Waals surface area contributed by atoms with Crippen LogP contribution in [0.2, 0.25) is 0 Å². The average Bonchev–Trinajstić information content (AvgIpc) is 2.28. The molecule has 1 rings (SSSR count). The van der Waals surface area contributed by atoms with Crippen LogP contribution in [0, 0.1) is 6.92 Å². The second-order valence-electron chi connectivity index (χ2n) is 4.20. The molecule has 0 spiro atoms. The van der Waals surface area contributed by atoms with E-state index in [0.29, 0.717) is 6.04 Å². The first kappa shape index (κ1) is 13.2. The van der Waals surface area contributed by atoms with Gasteiger partial charge in [-0.3, -0.25) is 0 Å². The van der Waals surface area contributed by atoms with E-state index in [0.717, 1.165) is 26.2 Å². The number of ether oxygens (including phenoxy) is 1. The smallest absolute Gasteiger partial charge is 0.0591 e. The Morgan fingerprint density at radius 1 is 1.31 bits per heavy atom. The molecule has 0 heterocycles. The molecule has 0 saturated heterocycles. The first-order chi connectivity index (χ1) is 7.74. The molecular formula is C14H23NO. The van der Waals surface area contributed by atoms with Crippen molar-refractivity contribution in [3.63, 3.8) is 0 Å². The first-order valence-corrected chi connectivity index (χ1v) is 6.11. The summed E-state index contributed by atoms with van der Waals surface area (Å²) < 4.78 is 5.43. The van der Waals surface area contributed by atoms with E-state index < -0.39 is 0 Å². The predicted octanol–water partition coefficient (Wildman–Crippen LogP) is 3.07. The van der Waals surface area contributed by atoms with Crippen molar-refractivity contribution in [3.8, 4) is 0 Å². The Bertz CT molecular complexity index is 299. The van der Waals surface area contributed by atoms with Crippen molar-refractivity contribution in [3.05, 3.63) is 35.4 Å². The van der Waals surface area contributed by atoms with Crippen molar-refractivity contribution in [1.29, 1.82) is 0 Å². The summed E-state index contributed by atoms with van der Waals surface area (Å²) in [4.78, 5) is 0. The summed E-state index contributed by atoms with van der Waals surface area (Å²) in [5, 5.41) is 3.46. The SMILES string of the molecule is CCCOCCN[C@@H](C)c1cccc(C)c1. The van der Waals surface area contributed by atoms with Crippen LogP contribution in [0.3, 0.4) is 0 Å². The molecule has 0 aliphatic heterocycles. The summed E-state index contributed by atoms with van der Waals surface area (Å²) >= 11 is 0. The molecule has 2 nitrogen and oxygen atoms in total. The lowest BCUT2D eigenvalue weighted by atomic mass is 10.1. The van der Waals surface area contributed by atoms with Crippen molar-refractivity contribution in [2.45, 2.75) is 33.2 Å². The molecule has 1 atom stereocenters. The lowest BCUT2D eigenvalue weighted by Crippen LogP contribution is -2.23. The van der Waals surface area contributed by atoms with E-state index in [-0.39, 0.29) is 0 Å². The van der Waals surface area contributed by atoms with Gasteiger partial charge in [0.1, 0.15) is 0 Å². The molecule has 90 valence electrons. The molecule has 16 heavy (non-hydrogen) atoms. The van der Waals surface area contributed by atoms with Gasteiger partial charge in [0.15, 0.2) is 0 Å². The zero-order valence-corrected chi connectivity index (χ0v) is 10.6. The highest BCUT2D eigenvalue weighted by atomic mass is 16.5. The molecule has 0 aromatic heterocycles. The van der Waals surface area contributed by atoms with Crippen molar-refractivity contribution in [2.75, 3.05) is 19.8 Å². The molecule has 0 aliphatic rings. The highest BCUT2D eigenvalue weighted by Gasteiger charge is 2.03. The van der Waals surface area contributed by atoms with Crippen LogP contribution in [-0.2, 0) is 4.74 Å². The molecule has 0 fully saturated rings. The number of nitrogens with one attached hydrogen (secondary N) is 1. The van der Waals surface area contributed by atoms with E-state index in [2.05, 4.69) is 50.4 Å². The minimum Gasteiger partial charge on any atom is -0.380 e. The predicted molar refractivity (Wildman–Crippen MR) is 68.7 cm³/mol. The first-order valence-electron chi connectivity index (χ1n) is 6.11. The van der Waals surface area contributed by atoms with E-state index in [4.69, 9.17) is 4.74 Å². The van der Waals surface area contributed by atoms with Crippen molar-refractivity contribution in [2.24, 2.45) is 0 Å². The highest BCUT2D eigenvalue weighted by Crippen LogP contribution is 2.13. The zero-order chi connectivity index (χ0) is 11.8. The maximum atomic E-state index is 5.43. The summed E-state index contributed by atoms with van der Waals surface area (Å²) in [7, 11) is 0. The number of aryl methyl sites for hydroxylation is 1. The molecule has 0 unspecified atom stereocenters. The average molecular weight is 221 g/mol. The highest BCUT2D eigenvalue weighted by molar-refractivity contribution is 5.24. The van der Waals surface area contributed by atoms with Crippen molar-refractivity contribution < 1.29 is 4.74 Å². The standard InChI is InChI=1S/C14H23NO/c1-4-9-16-10-8-15-13(3)14-7-5-6-12(2)11-14/h5-7,11,13,15H,4,8-10H2,1-3H3/t13-/m0/s1. The Kier molecular flexibility index (Phi) is 6.12. The van der Waals surface area contributed by atoms with Crippen LogP contribution in [0.15, 0.2) is 24.3 Å². The summed E-state index contributed by atoms with van der Waals surface area (Å²) in [5.41, 5.74) is 2.66. The number of benzene rings is 1. The molecule has 1 aromatic carbocycles. The molecule has 0 saturated carbocycles. The molecule has 2 heteroatoms. The van der Waals surface area contributed by atoms with Crippen molar-refractivity contribution in [1.82, 2.24) is 5.32 Å². The van der Waals surface area contributed by atoms with Gasteiger partial charge in [-0.25, -0.2) is 0 Å². The van der Waals surface area contributed by atoms with Gasteiger partial charge in [0, 0.05) is 19.2 Å². The van der Waals surface area contributed by atoms with Crippen LogP contribution in [0.1, 0.15) is 37.4 Å². The van der Waals surface area contributed by atoms with E-state index in [1.807, 2.05) is 0 Å². The van der Waals surface area contributed by atoms with Gasteiger partial charge in [0.2, 0.25) is 0 Å². The maximum Gasteiger partial charge on any atom is 0.0591 e. The zero-order valence-electron chi connectivity index (χ0n) is 10.6. The Morgan fingerprint density at radius 2 is 2.12 bits per heavy atom. The van der Waals surface area contributed by atoms with Crippen LogP contribution < -0.4 is 5.32 Å². The second kappa shape index (κ2) is 7.42. The van der Waals surface area contributed by atoms with Gasteiger partial charge in [-0.2, -0.15) is 0 Å². The molecule has 0 amide bonds. The van der Waals surface area contributed by atoms with E-state index in [1.165, 1.54) is 11.1 Å². The summed E-state index contributed by atoms with van der Waals surface area (Å²) in [6.07, 6.45) is 1.09. The maximum absolute atomic E-state index is 5.43. The summed E-state index contributed by atoms with van der Waals surface area (Å²) in [5.74, 6) is 0. The molecular weight excluding hydrogens is 198 g/mol. The van der Waals surface area contributed by atoms with Crippen LogP contribution >= 0.6 is 0 Å². The van der Waals surface area contributed by atoms with Gasteiger partial charge in [-0.15, -0.1) is 0 Å². The van der Waals surface area contributed by atoms with Gasteiger partial charge in [-0.1, -0.05) is 36.8 Å². The number of rotatable bonds is 7.